The van der Waals surface area contributed by atoms with Gasteiger partial charge in [0, 0.05) is 60.4 Å². The summed E-state index contributed by atoms with van der Waals surface area (Å²) >= 11 is 0. The lowest BCUT2D eigenvalue weighted by atomic mass is 9.90. The van der Waals surface area contributed by atoms with Crippen LogP contribution in [0.25, 0.3) is 0 Å². The molecular formula is C64H92F2N4O15. The number of alkyl halides is 2. The maximum Gasteiger partial charge on any atom is 0.344 e. The number of hydrogen-bond donors (Lipinski definition) is 2. The monoisotopic (exact) mass is 1190 g/mol. The third kappa shape index (κ3) is 21.1. The summed E-state index contributed by atoms with van der Waals surface area (Å²) in [6, 6.07) is 10.4. The van der Waals surface area contributed by atoms with Gasteiger partial charge in [-0.25, -0.2) is 28.0 Å². The van der Waals surface area contributed by atoms with E-state index in [-0.39, 0.29) is 56.8 Å². The van der Waals surface area contributed by atoms with Gasteiger partial charge in [-0.3, -0.25) is 19.2 Å². The van der Waals surface area contributed by atoms with E-state index in [1.807, 2.05) is 48.5 Å². The molecule has 21 heteroatoms. The molecule has 2 aromatic carbocycles. The van der Waals surface area contributed by atoms with Crippen LogP contribution in [-0.4, -0.2) is 182 Å². The third-order valence-corrected chi connectivity index (χ3v) is 16.9. The maximum atomic E-state index is 15.9. The Labute approximate surface area is 499 Å². The Balaban J connectivity index is 1.21. The van der Waals surface area contributed by atoms with Crippen molar-refractivity contribution < 1.29 is 80.7 Å². The highest BCUT2D eigenvalue weighted by molar-refractivity contribution is 5.93. The second kappa shape index (κ2) is 31.0. The number of halogens is 2. The number of amides is 3. The summed E-state index contributed by atoms with van der Waals surface area (Å²) in [5.41, 5.74) is 0.0299. The zero-order valence-corrected chi connectivity index (χ0v) is 51.4. The van der Waals surface area contributed by atoms with Crippen LogP contribution in [0.5, 0.6) is 0 Å². The Hall–Kier alpha value is -6.06. The standard InChI is InChI=1S/C64H92F2N4O15/c1-39(82-60(77)50(35-42-11-12-42)69(9)57(73)54(85-59(76)49(67-7)25-30-63(3,4)65)37-44-17-22-46(23-18-44)48-28-33-81-34-29-48)55(71)70(10)52(38-64(5,6)66)62(79)84-53(24-19-41-15-20-45(21-16-41)47-26-31-80-32-27-47)56(72)68(8)51(36-43-13-14-43)61(78)83-40(2)58(74)75/h15-18,20-23,39-40,42-43,47-54,67H,11-14,19,24-38H2,1-10H3,(H,74,75)/t39-,40-,49+,50+,51+,52+,53-,54-/m1/s1. The normalized spacial score (nSPS) is 18.9. The van der Waals surface area contributed by atoms with Crippen LogP contribution in [0.2, 0.25) is 0 Å². The summed E-state index contributed by atoms with van der Waals surface area (Å²) in [6.45, 7) is 10.3. The number of ether oxygens (including phenoxy) is 6. The molecule has 2 aromatic rings. The summed E-state index contributed by atoms with van der Waals surface area (Å²) in [6.07, 6.45) is 0.223. The summed E-state index contributed by atoms with van der Waals surface area (Å²) in [5.74, 6) is -7.00. The molecule has 8 atom stereocenters. The average Bonchev–Trinajstić information content (AvgIpc) is 4.23. The van der Waals surface area contributed by atoms with E-state index in [9.17, 15) is 47.9 Å². The van der Waals surface area contributed by atoms with Crippen LogP contribution in [-0.2, 0) is 79.6 Å². The van der Waals surface area contributed by atoms with Gasteiger partial charge < -0.3 is 53.5 Å². The minimum absolute atomic E-state index is 0.0256. The minimum atomic E-state index is -2.11. The topological polar surface area (TPSA) is 234 Å². The van der Waals surface area contributed by atoms with Crippen LogP contribution >= 0.6 is 0 Å². The fourth-order valence-electron chi connectivity index (χ4n) is 11.0. The van der Waals surface area contributed by atoms with E-state index < -0.39 is 114 Å². The van der Waals surface area contributed by atoms with Crippen LogP contribution in [0.1, 0.15) is 166 Å². The van der Waals surface area contributed by atoms with E-state index >= 15 is 4.39 Å². The molecule has 0 aromatic heterocycles. The number of carbonyl (C=O) groups is 8. The van der Waals surface area contributed by atoms with Gasteiger partial charge in [-0.05, 0) is 159 Å². The number of rotatable bonds is 32. The fourth-order valence-corrected chi connectivity index (χ4v) is 11.0. The smallest absolute Gasteiger partial charge is 0.344 e. The number of benzene rings is 2. The highest BCUT2D eigenvalue weighted by Crippen LogP contribution is 2.37. The van der Waals surface area contributed by atoms with E-state index in [1.54, 1.807) is 0 Å². The van der Waals surface area contributed by atoms with E-state index in [0.717, 1.165) is 82.8 Å². The highest BCUT2D eigenvalue weighted by atomic mass is 19.1. The highest BCUT2D eigenvalue weighted by Gasteiger charge is 2.44. The van der Waals surface area contributed by atoms with Crippen molar-refractivity contribution in [1.29, 1.82) is 0 Å². The van der Waals surface area contributed by atoms with Crippen LogP contribution in [0.4, 0.5) is 8.78 Å². The molecule has 472 valence electrons. The number of carbonyl (C=O) groups excluding carboxylic acids is 7. The average molecular weight is 1200 g/mol. The third-order valence-electron chi connectivity index (χ3n) is 16.9. The van der Waals surface area contributed by atoms with Crippen molar-refractivity contribution in [3.05, 3.63) is 70.8 Å². The molecular weight excluding hydrogens is 1100 g/mol. The lowest BCUT2D eigenvalue weighted by molar-refractivity contribution is -0.175. The quantitative estimate of drug-likeness (QED) is 0.0526. The molecule has 2 aliphatic carbocycles. The Bertz CT molecular complexity index is 2570. The van der Waals surface area contributed by atoms with Crippen molar-refractivity contribution >= 4 is 47.6 Å². The first-order chi connectivity index (χ1) is 40.1. The van der Waals surface area contributed by atoms with Crippen molar-refractivity contribution in [2.75, 3.05) is 54.6 Å². The molecule has 2 N–H and O–H groups in total. The van der Waals surface area contributed by atoms with Gasteiger partial charge in [0.15, 0.2) is 24.4 Å². The van der Waals surface area contributed by atoms with Gasteiger partial charge in [-0.1, -0.05) is 74.2 Å². The zero-order valence-electron chi connectivity index (χ0n) is 51.4. The minimum Gasteiger partial charge on any atom is -0.479 e. The van der Waals surface area contributed by atoms with Crippen molar-refractivity contribution in [2.24, 2.45) is 11.8 Å². The first-order valence-corrected chi connectivity index (χ1v) is 30.4. The van der Waals surface area contributed by atoms with Gasteiger partial charge in [0.1, 0.15) is 35.5 Å². The van der Waals surface area contributed by atoms with Gasteiger partial charge in [0.05, 0.1) is 0 Å². The first kappa shape index (κ1) is 68.1. The number of aryl methyl sites for hydroxylation is 1. The Morgan fingerprint density at radius 3 is 1.42 bits per heavy atom. The second-order valence-corrected chi connectivity index (χ2v) is 25.1. The molecule has 4 fully saturated rings. The molecule has 4 aliphatic rings. The van der Waals surface area contributed by atoms with Gasteiger partial charge in [0.2, 0.25) is 0 Å². The summed E-state index contributed by atoms with van der Waals surface area (Å²) in [4.78, 5) is 115. The molecule has 85 heavy (non-hydrogen) atoms. The van der Waals surface area contributed by atoms with Gasteiger partial charge in [0.25, 0.3) is 17.7 Å². The molecule has 0 radical (unpaired) electrons. The lowest BCUT2D eigenvalue weighted by Crippen LogP contribution is -2.54. The number of nitrogens with one attached hydrogen (secondary N) is 1. The summed E-state index contributed by atoms with van der Waals surface area (Å²) < 4.78 is 64.8. The van der Waals surface area contributed by atoms with Crippen LogP contribution in [0, 0.1) is 11.8 Å². The van der Waals surface area contributed by atoms with Gasteiger partial charge >= 0.3 is 29.8 Å². The molecule has 3 amide bonds. The largest absolute Gasteiger partial charge is 0.479 e. The Morgan fingerprint density at radius 2 is 0.988 bits per heavy atom. The molecule has 2 aliphatic heterocycles. The first-order valence-electron chi connectivity index (χ1n) is 30.4. The molecule has 0 spiro atoms. The Kier molecular flexibility index (Phi) is 24.8. The SMILES string of the molecule is CN[C@@H](CCC(C)(C)F)C(=O)O[C@H](Cc1ccc(C2CCOCC2)cc1)C(=O)N(C)[C@@H](CC1CC1)C(=O)O[C@H](C)C(=O)N(C)[C@@H](CC(C)(C)F)C(=O)O[C@H](CCc1ccc(C2CCOCC2)cc1)C(=O)N(C)[C@@H](CC1CC1)C(=O)O[C@H](C)C(=O)O. The van der Waals surface area contributed by atoms with Crippen LogP contribution < -0.4 is 5.32 Å². The molecule has 0 bridgehead atoms. The number of carboxylic acid groups (broad SMARTS) is 1. The predicted octanol–water partition coefficient (Wildman–Crippen LogP) is 7.76. The molecule has 2 heterocycles. The van der Waals surface area contributed by atoms with E-state index in [0.29, 0.717) is 43.8 Å². The summed E-state index contributed by atoms with van der Waals surface area (Å²) in [7, 11) is 5.50. The predicted molar refractivity (Wildman–Crippen MR) is 310 cm³/mol. The molecule has 2 saturated carbocycles. The lowest BCUT2D eigenvalue weighted by Gasteiger charge is -2.34. The number of carboxylic acids is 1. The Morgan fingerprint density at radius 1 is 0.565 bits per heavy atom. The van der Waals surface area contributed by atoms with Crippen molar-refractivity contribution in [3.8, 4) is 0 Å². The van der Waals surface area contributed by atoms with E-state index in [2.05, 4.69) is 5.32 Å². The van der Waals surface area contributed by atoms with E-state index in [1.165, 1.54) is 69.7 Å². The molecule has 0 unspecified atom stereocenters. The maximum absolute atomic E-state index is 15.9. The zero-order chi connectivity index (χ0) is 62.3. The molecule has 19 nitrogen and oxygen atoms in total. The van der Waals surface area contributed by atoms with Crippen molar-refractivity contribution in [1.82, 2.24) is 20.0 Å². The summed E-state index contributed by atoms with van der Waals surface area (Å²) in [5, 5.41) is 12.4. The number of aliphatic carboxylic acids is 1. The van der Waals surface area contributed by atoms with E-state index in [4.69, 9.17) is 28.4 Å². The number of hydrogen-bond acceptors (Lipinski definition) is 15. The second-order valence-electron chi connectivity index (χ2n) is 25.1. The van der Waals surface area contributed by atoms with Gasteiger partial charge in [-0.15, -0.1) is 0 Å². The molecule has 2 saturated heterocycles. The van der Waals surface area contributed by atoms with Crippen molar-refractivity contribution in [3.63, 3.8) is 0 Å². The molecule has 6 rings (SSSR count). The van der Waals surface area contributed by atoms with Crippen molar-refractivity contribution in [2.45, 2.75) is 216 Å². The van der Waals surface area contributed by atoms with Crippen LogP contribution in [0.15, 0.2) is 48.5 Å². The van der Waals surface area contributed by atoms with Gasteiger partial charge in [-0.2, -0.15) is 0 Å². The fraction of sp³-hybridized carbons (Fsp3) is 0.688. The number of esters is 4. The number of likely N-dealkylation sites (N-methyl/N-ethyl adjacent to an activating group) is 4. The number of nitrogens with zero attached hydrogens (tertiary/aromatic N) is 3. The van der Waals surface area contributed by atoms with Crippen LogP contribution in [0.3, 0.4) is 0 Å².